The van der Waals surface area contributed by atoms with E-state index in [0.717, 1.165) is 18.0 Å². The Kier molecular flexibility index (Phi) is 4.07. The fourth-order valence-electron chi connectivity index (χ4n) is 4.17. The second kappa shape index (κ2) is 5.91. The van der Waals surface area contributed by atoms with Crippen molar-refractivity contribution in [2.24, 2.45) is 0 Å². The average Bonchev–Trinajstić information content (AvgIpc) is 3.02. The molecule has 2 aliphatic heterocycles. The SMILES string of the molecule is Cc1ccc(S(=O)(=O)N2CCN3CC(C)(C)c4ccccc4C3C2)s1. The van der Waals surface area contributed by atoms with Gasteiger partial charge in [0.25, 0.3) is 10.0 Å². The summed E-state index contributed by atoms with van der Waals surface area (Å²) in [5.41, 5.74) is 2.72. The molecule has 134 valence electrons. The topological polar surface area (TPSA) is 40.6 Å². The van der Waals surface area contributed by atoms with Gasteiger partial charge in [0.15, 0.2) is 0 Å². The molecule has 25 heavy (non-hydrogen) atoms. The third-order valence-electron chi connectivity index (χ3n) is 5.41. The van der Waals surface area contributed by atoms with Crippen LogP contribution in [-0.4, -0.2) is 43.8 Å². The number of fused-ring (bicyclic) bond motifs is 3. The van der Waals surface area contributed by atoms with Crippen molar-refractivity contribution < 1.29 is 8.42 Å². The number of benzene rings is 1. The van der Waals surface area contributed by atoms with Crippen molar-refractivity contribution in [3.63, 3.8) is 0 Å². The van der Waals surface area contributed by atoms with E-state index in [9.17, 15) is 8.42 Å². The van der Waals surface area contributed by atoms with E-state index in [2.05, 4.69) is 43.0 Å². The van der Waals surface area contributed by atoms with Crippen LogP contribution in [0.1, 0.15) is 35.9 Å². The molecule has 1 aromatic heterocycles. The fraction of sp³-hybridized carbons (Fsp3) is 0.474. The quantitative estimate of drug-likeness (QED) is 0.807. The molecule has 0 saturated carbocycles. The summed E-state index contributed by atoms with van der Waals surface area (Å²) < 4.78 is 28.2. The molecule has 0 bridgehead atoms. The van der Waals surface area contributed by atoms with E-state index in [1.54, 1.807) is 10.4 Å². The van der Waals surface area contributed by atoms with Gasteiger partial charge in [-0.1, -0.05) is 38.1 Å². The predicted octanol–water partition coefficient (Wildman–Crippen LogP) is 3.40. The van der Waals surface area contributed by atoms with E-state index in [1.807, 2.05) is 13.0 Å². The molecule has 4 rings (SSSR count). The lowest BCUT2D eigenvalue weighted by Gasteiger charge is -2.49. The maximum atomic E-state index is 13.0. The molecule has 0 spiro atoms. The van der Waals surface area contributed by atoms with Crippen LogP contribution >= 0.6 is 11.3 Å². The molecule has 0 aliphatic carbocycles. The van der Waals surface area contributed by atoms with Gasteiger partial charge in [0.2, 0.25) is 0 Å². The molecule has 1 fully saturated rings. The Morgan fingerprint density at radius 3 is 2.60 bits per heavy atom. The summed E-state index contributed by atoms with van der Waals surface area (Å²) in [4.78, 5) is 3.48. The van der Waals surface area contributed by atoms with Crippen molar-refractivity contribution >= 4 is 21.4 Å². The molecular weight excluding hydrogens is 352 g/mol. The molecule has 0 radical (unpaired) electrons. The van der Waals surface area contributed by atoms with Crippen LogP contribution in [-0.2, 0) is 15.4 Å². The van der Waals surface area contributed by atoms with E-state index in [0.29, 0.717) is 17.3 Å². The zero-order valence-electron chi connectivity index (χ0n) is 14.9. The average molecular weight is 377 g/mol. The minimum absolute atomic E-state index is 0.0962. The van der Waals surface area contributed by atoms with Crippen LogP contribution in [0.15, 0.2) is 40.6 Å². The zero-order chi connectivity index (χ0) is 17.8. The van der Waals surface area contributed by atoms with Gasteiger partial charge in [-0.05, 0) is 30.2 Å². The number of hydrogen-bond donors (Lipinski definition) is 0. The molecule has 3 heterocycles. The monoisotopic (exact) mass is 376 g/mol. The molecule has 1 aromatic carbocycles. The van der Waals surface area contributed by atoms with E-state index in [-0.39, 0.29) is 11.5 Å². The van der Waals surface area contributed by atoms with Gasteiger partial charge in [0.05, 0.1) is 0 Å². The van der Waals surface area contributed by atoms with Crippen molar-refractivity contribution in [3.05, 3.63) is 52.4 Å². The summed E-state index contributed by atoms with van der Waals surface area (Å²) >= 11 is 1.36. The highest BCUT2D eigenvalue weighted by atomic mass is 32.2. The molecule has 1 saturated heterocycles. The first-order chi connectivity index (χ1) is 11.8. The standard InChI is InChI=1S/C19H24N2O2S2/c1-14-8-9-18(24-14)25(22,23)21-11-10-20-13-19(2,3)16-7-5-4-6-15(16)17(20)12-21/h4-9,17H,10-13H2,1-3H3. The largest absolute Gasteiger partial charge is 0.293 e. The lowest BCUT2D eigenvalue weighted by Crippen LogP contribution is -2.55. The van der Waals surface area contributed by atoms with Gasteiger partial charge in [-0.25, -0.2) is 8.42 Å². The van der Waals surface area contributed by atoms with E-state index in [4.69, 9.17) is 0 Å². The highest BCUT2D eigenvalue weighted by Crippen LogP contribution is 2.41. The van der Waals surface area contributed by atoms with Crippen molar-refractivity contribution in [1.29, 1.82) is 0 Å². The number of sulfonamides is 1. The van der Waals surface area contributed by atoms with Crippen LogP contribution in [0.4, 0.5) is 0 Å². The summed E-state index contributed by atoms with van der Waals surface area (Å²) in [7, 11) is -3.40. The summed E-state index contributed by atoms with van der Waals surface area (Å²) in [5.74, 6) is 0. The molecule has 0 N–H and O–H groups in total. The Balaban J connectivity index is 1.69. The maximum Gasteiger partial charge on any atom is 0.252 e. The molecular formula is C19H24N2O2S2. The Labute approximate surface area is 154 Å². The van der Waals surface area contributed by atoms with Crippen molar-refractivity contribution in [2.45, 2.75) is 36.4 Å². The molecule has 1 unspecified atom stereocenters. The molecule has 6 heteroatoms. The van der Waals surface area contributed by atoms with Gasteiger partial charge in [-0.3, -0.25) is 4.90 Å². The predicted molar refractivity (Wildman–Crippen MR) is 102 cm³/mol. The normalized spacial score (nSPS) is 23.9. The Morgan fingerprint density at radius 1 is 1.12 bits per heavy atom. The summed E-state index contributed by atoms with van der Waals surface area (Å²) in [6, 6.07) is 12.3. The van der Waals surface area contributed by atoms with E-state index in [1.165, 1.54) is 22.5 Å². The van der Waals surface area contributed by atoms with Gasteiger partial charge in [0, 0.05) is 42.5 Å². The first-order valence-corrected chi connectivity index (χ1v) is 10.9. The lowest BCUT2D eigenvalue weighted by molar-refractivity contribution is 0.0808. The molecule has 2 aliphatic rings. The molecule has 4 nitrogen and oxygen atoms in total. The minimum atomic E-state index is -3.40. The first-order valence-electron chi connectivity index (χ1n) is 8.69. The zero-order valence-corrected chi connectivity index (χ0v) is 16.5. The lowest BCUT2D eigenvalue weighted by atomic mass is 9.75. The van der Waals surface area contributed by atoms with Crippen LogP contribution in [0.5, 0.6) is 0 Å². The van der Waals surface area contributed by atoms with Crippen LogP contribution in [0, 0.1) is 6.92 Å². The molecule has 1 atom stereocenters. The first kappa shape index (κ1) is 17.2. The van der Waals surface area contributed by atoms with Crippen LogP contribution in [0.3, 0.4) is 0 Å². The Bertz CT molecular complexity index is 902. The number of nitrogens with zero attached hydrogens (tertiary/aromatic N) is 2. The highest BCUT2D eigenvalue weighted by Gasteiger charge is 2.42. The van der Waals surface area contributed by atoms with Crippen LogP contribution < -0.4 is 0 Å². The summed E-state index contributed by atoms with van der Waals surface area (Å²) in [6.45, 7) is 9.35. The van der Waals surface area contributed by atoms with Crippen LogP contribution in [0.2, 0.25) is 0 Å². The highest BCUT2D eigenvalue weighted by molar-refractivity contribution is 7.91. The maximum absolute atomic E-state index is 13.0. The number of hydrogen-bond acceptors (Lipinski definition) is 4. The minimum Gasteiger partial charge on any atom is -0.293 e. The Hall–Kier alpha value is -1.21. The molecule has 0 amide bonds. The van der Waals surface area contributed by atoms with Crippen molar-refractivity contribution in [1.82, 2.24) is 9.21 Å². The van der Waals surface area contributed by atoms with Crippen LogP contribution in [0.25, 0.3) is 0 Å². The van der Waals surface area contributed by atoms with E-state index < -0.39 is 10.0 Å². The van der Waals surface area contributed by atoms with Gasteiger partial charge in [0.1, 0.15) is 4.21 Å². The smallest absolute Gasteiger partial charge is 0.252 e. The number of rotatable bonds is 2. The Morgan fingerprint density at radius 2 is 1.88 bits per heavy atom. The number of aryl methyl sites for hydroxylation is 1. The van der Waals surface area contributed by atoms with Gasteiger partial charge < -0.3 is 0 Å². The van der Waals surface area contributed by atoms with Crippen molar-refractivity contribution in [3.8, 4) is 0 Å². The summed E-state index contributed by atoms with van der Waals surface area (Å²) in [5, 5.41) is 0. The van der Waals surface area contributed by atoms with Gasteiger partial charge in [-0.2, -0.15) is 4.31 Å². The number of thiophene rings is 1. The number of piperazine rings is 1. The fourth-order valence-corrected chi connectivity index (χ4v) is 7.05. The second-order valence-corrected chi connectivity index (χ2v) is 11.1. The molecule has 2 aromatic rings. The van der Waals surface area contributed by atoms with E-state index >= 15 is 0 Å². The van der Waals surface area contributed by atoms with Crippen molar-refractivity contribution in [2.75, 3.05) is 26.2 Å². The summed E-state index contributed by atoms with van der Waals surface area (Å²) in [6.07, 6.45) is 0. The van der Waals surface area contributed by atoms with Gasteiger partial charge >= 0.3 is 0 Å². The second-order valence-electron chi connectivity index (χ2n) is 7.69. The third kappa shape index (κ3) is 2.85. The van der Waals surface area contributed by atoms with Gasteiger partial charge in [-0.15, -0.1) is 11.3 Å². The third-order valence-corrected chi connectivity index (χ3v) is 8.74.